The van der Waals surface area contributed by atoms with Gasteiger partial charge >= 0.3 is 5.97 Å². The maximum atomic E-state index is 13.9. The summed E-state index contributed by atoms with van der Waals surface area (Å²) in [6, 6.07) is 6.06. The Balaban J connectivity index is 1.15. The van der Waals surface area contributed by atoms with E-state index in [1.165, 1.54) is 19.3 Å². The average Bonchev–Trinajstić information content (AvgIpc) is 3.15. The highest BCUT2D eigenvalue weighted by molar-refractivity contribution is 5.95. The van der Waals surface area contributed by atoms with Gasteiger partial charge in [-0.25, -0.2) is 4.79 Å². The molecule has 1 aromatic carbocycles. The van der Waals surface area contributed by atoms with Crippen molar-refractivity contribution < 1.29 is 24.3 Å². The second-order valence-electron chi connectivity index (χ2n) is 13.7. The summed E-state index contributed by atoms with van der Waals surface area (Å²) in [6.45, 7) is 5.25. The molecule has 4 bridgehead atoms. The first-order chi connectivity index (χ1) is 19.0. The second-order valence-corrected chi connectivity index (χ2v) is 13.7. The Labute approximate surface area is 236 Å². The standard InChI is InChI=1S/C31H42N4O5/c1-19(2)25(32-28(39)30-15-20-12-21(16-30)14-22(13-20)17-30)26(36)34-10-8-31(9-11-34)29(40)33(3)18-35(31)24-6-4-23(5-7-24)27(37)38/h4-7,19-22,25H,8-18H2,1-3H3,(H,32,39)(H,37,38)/t20?,21?,22?,25-,30?/m1/s1. The Morgan fingerprint density at radius 3 is 2.00 bits per heavy atom. The number of benzene rings is 1. The number of anilines is 1. The number of nitrogens with one attached hydrogen (secondary N) is 1. The van der Waals surface area contributed by atoms with Crippen molar-refractivity contribution in [3.63, 3.8) is 0 Å². The summed E-state index contributed by atoms with van der Waals surface area (Å²) in [5.41, 5.74) is -0.0738. The molecule has 1 spiro atoms. The van der Waals surface area contributed by atoms with Gasteiger partial charge in [0.15, 0.2) is 0 Å². The van der Waals surface area contributed by atoms with Gasteiger partial charge in [0.25, 0.3) is 0 Å². The highest BCUT2D eigenvalue weighted by Crippen LogP contribution is 2.60. The molecule has 1 aromatic rings. The fourth-order valence-electron chi connectivity index (χ4n) is 8.97. The van der Waals surface area contributed by atoms with Crippen LogP contribution in [0.1, 0.15) is 75.6 Å². The van der Waals surface area contributed by atoms with Crippen molar-refractivity contribution >= 4 is 29.4 Å². The maximum Gasteiger partial charge on any atom is 0.335 e. The van der Waals surface area contributed by atoms with Crippen LogP contribution in [0.3, 0.4) is 0 Å². The van der Waals surface area contributed by atoms with E-state index >= 15 is 0 Å². The number of carboxylic acids is 1. The first-order valence-corrected chi connectivity index (χ1v) is 15.0. The molecule has 9 heteroatoms. The molecular formula is C31H42N4O5. The molecular weight excluding hydrogens is 508 g/mol. The van der Waals surface area contributed by atoms with Crippen molar-refractivity contribution in [2.24, 2.45) is 29.1 Å². The van der Waals surface area contributed by atoms with Crippen LogP contribution in [0.4, 0.5) is 5.69 Å². The lowest BCUT2D eigenvalue weighted by atomic mass is 9.49. The summed E-state index contributed by atoms with van der Waals surface area (Å²) in [5.74, 6) is 1.01. The zero-order chi connectivity index (χ0) is 28.4. The summed E-state index contributed by atoms with van der Waals surface area (Å²) in [5, 5.41) is 12.5. The van der Waals surface area contributed by atoms with Gasteiger partial charge < -0.3 is 25.1 Å². The predicted octanol–water partition coefficient (Wildman–Crippen LogP) is 3.34. The number of hydrogen-bond donors (Lipinski definition) is 2. The van der Waals surface area contributed by atoms with Gasteiger partial charge in [0.2, 0.25) is 17.7 Å². The van der Waals surface area contributed by atoms with Crippen molar-refractivity contribution in [3.05, 3.63) is 29.8 Å². The van der Waals surface area contributed by atoms with E-state index in [0.29, 0.717) is 50.4 Å². The highest BCUT2D eigenvalue weighted by Gasteiger charge is 2.56. The molecule has 2 N–H and O–H groups in total. The first-order valence-electron chi connectivity index (χ1n) is 15.0. The van der Waals surface area contributed by atoms with Crippen molar-refractivity contribution in [1.82, 2.24) is 15.1 Å². The lowest BCUT2D eigenvalue weighted by Gasteiger charge is -2.56. The molecule has 0 unspecified atom stereocenters. The third-order valence-electron chi connectivity index (χ3n) is 10.7. The molecule has 4 saturated carbocycles. The summed E-state index contributed by atoms with van der Waals surface area (Å²) in [6.07, 6.45) is 7.67. The molecule has 7 rings (SSSR count). The van der Waals surface area contributed by atoms with E-state index in [1.54, 1.807) is 36.2 Å². The Bertz CT molecular complexity index is 1170. The summed E-state index contributed by atoms with van der Waals surface area (Å²) >= 11 is 0. The Morgan fingerprint density at radius 2 is 1.50 bits per heavy atom. The predicted molar refractivity (Wildman–Crippen MR) is 149 cm³/mol. The minimum atomic E-state index is -0.988. The molecule has 6 fully saturated rings. The Hall–Kier alpha value is -3.10. The molecule has 3 amide bonds. The van der Waals surface area contributed by atoms with Gasteiger partial charge in [-0.3, -0.25) is 14.4 Å². The molecule has 6 aliphatic rings. The minimum absolute atomic E-state index is 0.0254. The zero-order valence-corrected chi connectivity index (χ0v) is 23.9. The minimum Gasteiger partial charge on any atom is -0.478 e. The van der Waals surface area contributed by atoms with Crippen LogP contribution in [-0.2, 0) is 14.4 Å². The lowest BCUT2D eigenvalue weighted by molar-refractivity contribution is -0.151. The highest BCUT2D eigenvalue weighted by atomic mass is 16.4. The van der Waals surface area contributed by atoms with Gasteiger partial charge in [-0.2, -0.15) is 0 Å². The van der Waals surface area contributed by atoms with E-state index in [-0.39, 0.29) is 34.6 Å². The molecule has 0 aromatic heterocycles. The summed E-state index contributed by atoms with van der Waals surface area (Å²) < 4.78 is 0. The molecule has 0 radical (unpaired) electrons. The van der Waals surface area contributed by atoms with Crippen LogP contribution < -0.4 is 10.2 Å². The molecule has 9 nitrogen and oxygen atoms in total. The van der Waals surface area contributed by atoms with Gasteiger partial charge in [0, 0.05) is 31.2 Å². The number of piperidine rings is 1. The van der Waals surface area contributed by atoms with E-state index in [4.69, 9.17) is 0 Å². The molecule has 2 aliphatic heterocycles. The number of likely N-dealkylation sites (tertiary alicyclic amines) is 1. The molecule has 2 saturated heterocycles. The monoisotopic (exact) mass is 550 g/mol. The third-order valence-corrected chi connectivity index (χ3v) is 10.7. The normalized spacial score (nSPS) is 31.2. The Kier molecular flexibility index (Phi) is 6.62. The molecule has 40 heavy (non-hydrogen) atoms. The van der Waals surface area contributed by atoms with E-state index in [0.717, 1.165) is 24.9 Å². The topological polar surface area (TPSA) is 110 Å². The van der Waals surface area contributed by atoms with Gasteiger partial charge in [-0.05, 0) is 99.3 Å². The van der Waals surface area contributed by atoms with Crippen LogP contribution in [0.25, 0.3) is 0 Å². The molecule has 2 heterocycles. The molecule has 216 valence electrons. The number of rotatable bonds is 6. The fraction of sp³-hybridized carbons (Fsp3) is 0.677. The number of nitrogens with zero attached hydrogens (tertiary/aromatic N) is 3. The number of amides is 3. The van der Waals surface area contributed by atoms with Crippen molar-refractivity contribution in [2.75, 3.05) is 31.7 Å². The van der Waals surface area contributed by atoms with Crippen molar-refractivity contribution in [3.8, 4) is 0 Å². The Morgan fingerprint density at radius 1 is 0.950 bits per heavy atom. The number of aromatic carboxylic acids is 1. The SMILES string of the molecule is CC(C)[C@@H](NC(=O)C12CC3CC(CC(C3)C1)C2)C(=O)N1CCC2(CC1)C(=O)N(C)CN2c1ccc(C(=O)O)cc1. The molecule has 4 aliphatic carbocycles. The zero-order valence-electron chi connectivity index (χ0n) is 23.9. The summed E-state index contributed by atoms with van der Waals surface area (Å²) in [4.78, 5) is 58.0. The lowest BCUT2D eigenvalue weighted by Crippen LogP contribution is -2.61. The van der Waals surface area contributed by atoms with Gasteiger partial charge in [-0.15, -0.1) is 0 Å². The van der Waals surface area contributed by atoms with Crippen LogP contribution >= 0.6 is 0 Å². The first kappa shape index (κ1) is 27.1. The van der Waals surface area contributed by atoms with Crippen molar-refractivity contribution in [2.45, 2.75) is 76.8 Å². The van der Waals surface area contributed by atoms with Gasteiger partial charge in [0.1, 0.15) is 11.6 Å². The number of hydrogen-bond acceptors (Lipinski definition) is 5. The van der Waals surface area contributed by atoms with E-state index in [2.05, 4.69) is 10.2 Å². The van der Waals surface area contributed by atoms with Gasteiger partial charge in [0.05, 0.1) is 12.2 Å². The van der Waals surface area contributed by atoms with E-state index < -0.39 is 17.6 Å². The van der Waals surface area contributed by atoms with Gasteiger partial charge in [-0.1, -0.05) is 13.8 Å². The van der Waals surface area contributed by atoms with Crippen molar-refractivity contribution in [1.29, 1.82) is 0 Å². The number of carbonyl (C=O) groups excluding carboxylic acids is 3. The largest absolute Gasteiger partial charge is 0.478 e. The van der Waals surface area contributed by atoms with Crippen LogP contribution in [0.15, 0.2) is 24.3 Å². The fourth-order valence-corrected chi connectivity index (χ4v) is 8.97. The smallest absolute Gasteiger partial charge is 0.335 e. The molecule has 1 atom stereocenters. The van der Waals surface area contributed by atoms with Crippen LogP contribution in [0.2, 0.25) is 0 Å². The maximum absolute atomic E-state index is 13.9. The van der Waals surface area contributed by atoms with Crippen LogP contribution in [0.5, 0.6) is 0 Å². The second kappa shape index (κ2) is 9.77. The quantitative estimate of drug-likeness (QED) is 0.562. The van der Waals surface area contributed by atoms with Crippen LogP contribution in [-0.4, -0.2) is 77.0 Å². The average molecular weight is 551 g/mol. The van der Waals surface area contributed by atoms with E-state index in [1.807, 2.05) is 18.7 Å². The third kappa shape index (κ3) is 4.36. The summed E-state index contributed by atoms with van der Waals surface area (Å²) in [7, 11) is 1.78. The van der Waals surface area contributed by atoms with Crippen LogP contribution in [0, 0.1) is 29.1 Å². The number of likely N-dealkylation sites (N-methyl/N-ethyl adjacent to an activating group) is 1. The van der Waals surface area contributed by atoms with E-state index in [9.17, 15) is 24.3 Å². The number of carbonyl (C=O) groups is 4. The number of carboxylic acid groups (broad SMARTS) is 1.